The summed E-state index contributed by atoms with van der Waals surface area (Å²) in [7, 11) is 1.71. The molecule has 20 heavy (non-hydrogen) atoms. The number of amides is 2. The molecule has 104 valence electrons. The highest BCUT2D eigenvalue weighted by Crippen LogP contribution is 2.17. The van der Waals surface area contributed by atoms with Gasteiger partial charge in [-0.15, -0.1) is 0 Å². The van der Waals surface area contributed by atoms with Crippen molar-refractivity contribution in [3.05, 3.63) is 59.1 Å². The molecule has 0 aromatic heterocycles. The topological polar surface area (TPSA) is 58.4 Å². The molecule has 5 heteroatoms. The summed E-state index contributed by atoms with van der Waals surface area (Å²) in [5.41, 5.74) is 7.85. The third kappa shape index (κ3) is 3.65. The highest BCUT2D eigenvalue weighted by atomic mass is 35.5. The van der Waals surface area contributed by atoms with Crippen molar-refractivity contribution >= 4 is 29.0 Å². The van der Waals surface area contributed by atoms with Crippen LogP contribution in [-0.4, -0.2) is 18.0 Å². The number of nitrogens with zero attached hydrogens (tertiary/aromatic N) is 1. The normalized spacial score (nSPS) is 10.1. The molecule has 4 nitrogen and oxygen atoms in total. The molecule has 2 amide bonds. The summed E-state index contributed by atoms with van der Waals surface area (Å²) in [6.45, 7) is 0.438. The Bertz CT molecular complexity index is 616. The molecule has 0 radical (unpaired) electrons. The highest BCUT2D eigenvalue weighted by molar-refractivity contribution is 6.31. The van der Waals surface area contributed by atoms with Gasteiger partial charge in [0.2, 0.25) is 0 Å². The molecule has 0 spiro atoms. The first-order valence-corrected chi connectivity index (χ1v) is 6.55. The third-order valence-corrected chi connectivity index (χ3v) is 3.22. The predicted octanol–water partition coefficient (Wildman–Crippen LogP) is 3.59. The first-order valence-electron chi connectivity index (χ1n) is 6.17. The molecule has 0 unspecified atom stereocenters. The predicted molar refractivity (Wildman–Crippen MR) is 82.8 cm³/mol. The van der Waals surface area contributed by atoms with Gasteiger partial charge in [0.05, 0.1) is 0 Å². The molecule has 2 aromatic carbocycles. The van der Waals surface area contributed by atoms with Crippen molar-refractivity contribution in [3.63, 3.8) is 0 Å². The van der Waals surface area contributed by atoms with Gasteiger partial charge in [0, 0.05) is 30.0 Å². The largest absolute Gasteiger partial charge is 0.399 e. The Morgan fingerprint density at radius 3 is 2.70 bits per heavy atom. The second-order valence-electron chi connectivity index (χ2n) is 4.50. The average Bonchev–Trinajstić information content (AvgIpc) is 2.41. The van der Waals surface area contributed by atoms with E-state index in [0.717, 1.165) is 5.56 Å². The van der Waals surface area contributed by atoms with Crippen LogP contribution in [-0.2, 0) is 6.54 Å². The number of carbonyl (C=O) groups excluding carboxylic acids is 1. The molecule has 2 rings (SSSR count). The number of urea groups is 1. The van der Waals surface area contributed by atoms with Gasteiger partial charge in [-0.25, -0.2) is 4.79 Å². The first-order chi connectivity index (χ1) is 9.56. The summed E-state index contributed by atoms with van der Waals surface area (Å²) in [5, 5.41) is 3.44. The van der Waals surface area contributed by atoms with Gasteiger partial charge in [-0.3, -0.25) is 0 Å². The number of benzene rings is 2. The van der Waals surface area contributed by atoms with E-state index in [-0.39, 0.29) is 6.03 Å². The third-order valence-electron chi connectivity index (χ3n) is 2.85. The van der Waals surface area contributed by atoms with Crippen LogP contribution in [0.3, 0.4) is 0 Å². The van der Waals surface area contributed by atoms with E-state index in [1.165, 1.54) is 0 Å². The molecule has 0 aliphatic rings. The fourth-order valence-electron chi connectivity index (χ4n) is 1.79. The van der Waals surface area contributed by atoms with E-state index in [2.05, 4.69) is 5.32 Å². The summed E-state index contributed by atoms with van der Waals surface area (Å²) in [6.07, 6.45) is 0. The van der Waals surface area contributed by atoms with Crippen LogP contribution in [0.4, 0.5) is 16.2 Å². The molecule has 3 N–H and O–H groups in total. The van der Waals surface area contributed by atoms with Crippen molar-refractivity contribution in [1.82, 2.24) is 4.90 Å². The van der Waals surface area contributed by atoms with Crippen molar-refractivity contribution in [2.45, 2.75) is 6.54 Å². The summed E-state index contributed by atoms with van der Waals surface area (Å²) < 4.78 is 0. The zero-order chi connectivity index (χ0) is 14.5. The van der Waals surface area contributed by atoms with Gasteiger partial charge >= 0.3 is 6.03 Å². The molecule has 0 fully saturated rings. The minimum atomic E-state index is -0.212. The molecule has 0 saturated heterocycles. The maximum Gasteiger partial charge on any atom is 0.321 e. The number of rotatable bonds is 3. The Morgan fingerprint density at radius 2 is 2.00 bits per heavy atom. The number of carbonyl (C=O) groups is 1. The van der Waals surface area contributed by atoms with Crippen LogP contribution in [0.5, 0.6) is 0 Å². The van der Waals surface area contributed by atoms with E-state index in [1.54, 1.807) is 42.3 Å². The van der Waals surface area contributed by atoms with Crippen LogP contribution in [0.1, 0.15) is 5.56 Å². The number of nitrogens with one attached hydrogen (secondary N) is 1. The second kappa shape index (κ2) is 6.30. The van der Waals surface area contributed by atoms with E-state index in [0.29, 0.717) is 22.9 Å². The molecular weight excluding hydrogens is 274 g/mol. The van der Waals surface area contributed by atoms with E-state index in [4.69, 9.17) is 17.3 Å². The quantitative estimate of drug-likeness (QED) is 0.849. The molecule has 0 bridgehead atoms. The Morgan fingerprint density at radius 1 is 1.25 bits per heavy atom. The Labute approximate surface area is 123 Å². The van der Waals surface area contributed by atoms with E-state index >= 15 is 0 Å². The van der Waals surface area contributed by atoms with Gasteiger partial charge in [-0.05, 0) is 29.8 Å². The van der Waals surface area contributed by atoms with E-state index < -0.39 is 0 Å². The fraction of sp³-hybridized carbons (Fsp3) is 0.133. The summed E-state index contributed by atoms with van der Waals surface area (Å²) in [4.78, 5) is 13.6. The van der Waals surface area contributed by atoms with Gasteiger partial charge in [0.1, 0.15) is 0 Å². The second-order valence-corrected chi connectivity index (χ2v) is 4.91. The Balaban J connectivity index is 2.01. The lowest BCUT2D eigenvalue weighted by atomic mass is 10.2. The fourth-order valence-corrected chi connectivity index (χ4v) is 1.98. The van der Waals surface area contributed by atoms with Gasteiger partial charge in [-0.1, -0.05) is 35.9 Å². The van der Waals surface area contributed by atoms with Crippen LogP contribution in [0.25, 0.3) is 0 Å². The smallest absolute Gasteiger partial charge is 0.321 e. The van der Waals surface area contributed by atoms with Crippen molar-refractivity contribution in [2.75, 3.05) is 18.1 Å². The van der Waals surface area contributed by atoms with Gasteiger partial charge in [0.25, 0.3) is 0 Å². The van der Waals surface area contributed by atoms with Crippen molar-refractivity contribution in [3.8, 4) is 0 Å². The number of hydrogen-bond donors (Lipinski definition) is 2. The highest BCUT2D eigenvalue weighted by Gasteiger charge is 2.11. The zero-order valence-electron chi connectivity index (χ0n) is 11.1. The average molecular weight is 290 g/mol. The van der Waals surface area contributed by atoms with E-state index in [1.807, 2.05) is 18.2 Å². The minimum absolute atomic E-state index is 0.212. The lowest BCUT2D eigenvalue weighted by Crippen LogP contribution is -2.30. The number of nitrogens with two attached hydrogens (primary N) is 1. The summed E-state index contributed by atoms with van der Waals surface area (Å²) >= 11 is 6.08. The lowest BCUT2D eigenvalue weighted by molar-refractivity contribution is 0.220. The summed E-state index contributed by atoms with van der Waals surface area (Å²) in [5.74, 6) is 0. The van der Waals surface area contributed by atoms with Gasteiger partial charge in [-0.2, -0.15) is 0 Å². The lowest BCUT2D eigenvalue weighted by Gasteiger charge is -2.18. The molecule has 0 aliphatic heterocycles. The number of anilines is 2. The molecule has 0 aliphatic carbocycles. The summed E-state index contributed by atoms with van der Waals surface area (Å²) in [6, 6.07) is 14.3. The number of hydrogen-bond acceptors (Lipinski definition) is 2. The maximum absolute atomic E-state index is 12.1. The number of nitrogen functional groups attached to an aromatic ring is 1. The SMILES string of the molecule is CN(Cc1ccccc1Cl)C(=O)Nc1cccc(N)c1. The standard InChI is InChI=1S/C15H16ClN3O/c1-19(10-11-5-2-3-8-14(11)16)15(20)18-13-7-4-6-12(17)9-13/h2-9H,10,17H2,1H3,(H,18,20). The zero-order valence-corrected chi connectivity index (χ0v) is 11.9. The molecule has 0 heterocycles. The van der Waals surface area contributed by atoms with Gasteiger partial charge < -0.3 is 16.0 Å². The number of halogens is 1. The molecule has 2 aromatic rings. The minimum Gasteiger partial charge on any atom is -0.399 e. The van der Waals surface area contributed by atoms with Crippen LogP contribution < -0.4 is 11.1 Å². The van der Waals surface area contributed by atoms with Crippen molar-refractivity contribution in [2.24, 2.45) is 0 Å². The monoisotopic (exact) mass is 289 g/mol. The van der Waals surface area contributed by atoms with E-state index in [9.17, 15) is 4.79 Å². The van der Waals surface area contributed by atoms with Crippen LogP contribution in [0.2, 0.25) is 5.02 Å². The molecular formula is C15H16ClN3O. The van der Waals surface area contributed by atoms with Crippen LogP contribution in [0.15, 0.2) is 48.5 Å². The Kier molecular flexibility index (Phi) is 4.48. The molecule has 0 saturated carbocycles. The Hall–Kier alpha value is -2.20. The van der Waals surface area contributed by atoms with Crippen molar-refractivity contribution in [1.29, 1.82) is 0 Å². The van der Waals surface area contributed by atoms with Gasteiger partial charge in [0.15, 0.2) is 0 Å². The maximum atomic E-state index is 12.1. The molecule has 0 atom stereocenters. The van der Waals surface area contributed by atoms with Crippen LogP contribution in [0, 0.1) is 0 Å². The van der Waals surface area contributed by atoms with Crippen molar-refractivity contribution < 1.29 is 4.79 Å². The first kappa shape index (κ1) is 14.2. The van der Waals surface area contributed by atoms with Crippen LogP contribution >= 0.6 is 11.6 Å².